The number of rotatable bonds is 6. The van der Waals surface area contributed by atoms with E-state index < -0.39 is 0 Å². The molecule has 0 aliphatic heterocycles. The molecule has 0 atom stereocenters. The molecule has 3 nitrogen and oxygen atoms in total. The summed E-state index contributed by atoms with van der Waals surface area (Å²) in [6.45, 7) is 0. The van der Waals surface area contributed by atoms with E-state index in [4.69, 9.17) is 4.42 Å². The Bertz CT molecular complexity index is 3200. The number of aromatic nitrogens is 1. The molecule has 0 amide bonds. The minimum Gasteiger partial charge on any atom is -0.454 e. The topological polar surface area (TPSA) is 21.3 Å². The molecule has 3 heteroatoms. The lowest BCUT2D eigenvalue weighted by atomic mass is 9.96. The minimum absolute atomic E-state index is 0.887. The number of hydrogen-bond acceptors (Lipinski definition) is 2. The lowest BCUT2D eigenvalue weighted by Gasteiger charge is -2.29. The van der Waals surface area contributed by atoms with E-state index in [-0.39, 0.29) is 0 Å². The Morgan fingerprint density at radius 3 is 1.87 bits per heavy atom. The molecule has 55 heavy (non-hydrogen) atoms. The van der Waals surface area contributed by atoms with E-state index in [2.05, 4.69) is 210 Å². The molecule has 2 heterocycles. The first-order valence-electron chi connectivity index (χ1n) is 18.8. The maximum Gasteiger partial charge on any atom is 0.159 e. The summed E-state index contributed by atoms with van der Waals surface area (Å²) < 4.78 is 8.99. The van der Waals surface area contributed by atoms with Crippen molar-refractivity contribution < 1.29 is 4.42 Å². The third-order valence-corrected chi connectivity index (χ3v) is 11.0. The molecular formula is C52H34N2O. The van der Waals surface area contributed by atoms with Crippen LogP contribution < -0.4 is 4.90 Å². The second-order valence-electron chi connectivity index (χ2n) is 14.1. The normalized spacial score (nSPS) is 11.6. The molecule has 9 aromatic carbocycles. The van der Waals surface area contributed by atoms with E-state index in [1.165, 1.54) is 38.2 Å². The van der Waals surface area contributed by atoms with Gasteiger partial charge in [0.05, 0.1) is 28.1 Å². The van der Waals surface area contributed by atoms with Crippen molar-refractivity contribution >= 4 is 71.6 Å². The smallest absolute Gasteiger partial charge is 0.159 e. The van der Waals surface area contributed by atoms with Crippen LogP contribution in [-0.2, 0) is 0 Å². The van der Waals surface area contributed by atoms with Crippen LogP contribution >= 0.6 is 0 Å². The highest BCUT2D eigenvalue weighted by Crippen LogP contribution is 2.47. The highest BCUT2D eigenvalue weighted by Gasteiger charge is 2.23. The van der Waals surface area contributed by atoms with Gasteiger partial charge in [0.2, 0.25) is 0 Å². The van der Waals surface area contributed by atoms with E-state index in [1.54, 1.807) is 0 Å². The molecular weight excluding hydrogens is 669 g/mol. The van der Waals surface area contributed by atoms with Gasteiger partial charge in [-0.1, -0.05) is 158 Å². The third-order valence-electron chi connectivity index (χ3n) is 11.0. The van der Waals surface area contributed by atoms with Gasteiger partial charge >= 0.3 is 0 Å². The summed E-state index contributed by atoms with van der Waals surface area (Å²) >= 11 is 0. The highest BCUT2D eigenvalue weighted by molar-refractivity contribution is 6.18. The maximum absolute atomic E-state index is 6.61. The van der Waals surface area contributed by atoms with Crippen LogP contribution in [0.4, 0.5) is 17.1 Å². The average Bonchev–Trinajstić information content (AvgIpc) is 3.81. The SMILES string of the molecule is c1ccc(-c2ccc(N(c3ccccc3-c3cccc4c3c3ccccc3n4-c3cccc4c3oc3ccccc34)c3cccc4ccccc34)cc2)cc1. The van der Waals surface area contributed by atoms with Crippen molar-refractivity contribution in [3.63, 3.8) is 0 Å². The highest BCUT2D eigenvalue weighted by atomic mass is 16.3. The maximum atomic E-state index is 6.61. The van der Waals surface area contributed by atoms with E-state index in [0.29, 0.717) is 0 Å². The quantitative estimate of drug-likeness (QED) is 0.172. The van der Waals surface area contributed by atoms with Crippen molar-refractivity contribution in [2.45, 2.75) is 0 Å². The van der Waals surface area contributed by atoms with Gasteiger partial charge in [0.15, 0.2) is 5.58 Å². The molecule has 0 fully saturated rings. The van der Waals surface area contributed by atoms with Gasteiger partial charge < -0.3 is 13.9 Å². The van der Waals surface area contributed by atoms with Gasteiger partial charge in [-0.25, -0.2) is 0 Å². The lowest BCUT2D eigenvalue weighted by Crippen LogP contribution is -2.11. The zero-order valence-corrected chi connectivity index (χ0v) is 29.9. The van der Waals surface area contributed by atoms with Crippen molar-refractivity contribution in [3.05, 3.63) is 206 Å². The summed E-state index contributed by atoms with van der Waals surface area (Å²) in [6, 6.07) is 73.9. The van der Waals surface area contributed by atoms with Crippen LogP contribution in [0.2, 0.25) is 0 Å². The van der Waals surface area contributed by atoms with Gasteiger partial charge in [0.25, 0.3) is 0 Å². The molecule has 0 unspecified atom stereocenters. The zero-order valence-electron chi connectivity index (χ0n) is 29.9. The van der Waals surface area contributed by atoms with Crippen molar-refractivity contribution in [2.75, 3.05) is 4.90 Å². The van der Waals surface area contributed by atoms with Crippen molar-refractivity contribution in [1.82, 2.24) is 4.57 Å². The first-order chi connectivity index (χ1) is 27.3. The average molecular weight is 703 g/mol. The Kier molecular flexibility index (Phi) is 7.17. The van der Waals surface area contributed by atoms with Gasteiger partial charge in [-0.2, -0.15) is 0 Å². The molecule has 0 saturated heterocycles. The number of anilines is 3. The number of nitrogens with zero attached hydrogens (tertiary/aromatic N) is 2. The fourth-order valence-corrected chi connectivity index (χ4v) is 8.55. The van der Waals surface area contributed by atoms with Crippen LogP contribution in [0.15, 0.2) is 211 Å². The van der Waals surface area contributed by atoms with Crippen LogP contribution in [0.1, 0.15) is 0 Å². The Morgan fingerprint density at radius 2 is 0.982 bits per heavy atom. The van der Waals surface area contributed by atoms with Gasteiger partial charge in [-0.3, -0.25) is 0 Å². The molecule has 0 radical (unpaired) electrons. The fourth-order valence-electron chi connectivity index (χ4n) is 8.55. The van der Waals surface area contributed by atoms with Crippen LogP contribution in [0, 0.1) is 0 Å². The van der Waals surface area contributed by atoms with Crippen molar-refractivity contribution in [1.29, 1.82) is 0 Å². The van der Waals surface area contributed by atoms with E-state index in [9.17, 15) is 0 Å². The molecule has 0 saturated carbocycles. The second-order valence-corrected chi connectivity index (χ2v) is 14.1. The Morgan fingerprint density at radius 1 is 0.382 bits per heavy atom. The molecule has 2 aromatic heterocycles. The Balaban J connectivity index is 1.17. The molecule has 11 aromatic rings. The van der Waals surface area contributed by atoms with E-state index in [0.717, 1.165) is 61.3 Å². The fraction of sp³-hybridized carbons (Fsp3) is 0. The van der Waals surface area contributed by atoms with Crippen LogP contribution in [0.25, 0.3) is 82.5 Å². The number of furan rings is 1. The van der Waals surface area contributed by atoms with Gasteiger partial charge in [-0.05, 0) is 70.6 Å². The predicted molar refractivity (Wildman–Crippen MR) is 231 cm³/mol. The summed E-state index contributed by atoms with van der Waals surface area (Å²) in [6.07, 6.45) is 0. The number of fused-ring (bicyclic) bond motifs is 7. The first-order valence-corrected chi connectivity index (χ1v) is 18.8. The van der Waals surface area contributed by atoms with Crippen LogP contribution in [0.5, 0.6) is 0 Å². The molecule has 0 spiro atoms. The van der Waals surface area contributed by atoms with E-state index >= 15 is 0 Å². The molecule has 258 valence electrons. The summed E-state index contributed by atoms with van der Waals surface area (Å²) in [7, 11) is 0. The monoisotopic (exact) mass is 702 g/mol. The summed E-state index contributed by atoms with van der Waals surface area (Å²) in [5.74, 6) is 0. The number of para-hydroxylation sites is 4. The van der Waals surface area contributed by atoms with Gasteiger partial charge in [0.1, 0.15) is 5.58 Å². The van der Waals surface area contributed by atoms with Gasteiger partial charge in [0, 0.05) is 38.2 Å². The van der Waals surface area contributed by atoms with Crippen LogP contribution in [0.3, 0.4) is 0 Å². The Labute approximate surface area is 318 Å². The summed E-state index contributed by atoms with van der Waals surface area (Å²) in [4.78, 5) is 2.43. The second kappa shape index (κ2) is 12.6. The third kappa shape index (κ3) is 4.98. The minimum atomic E-state index is 0.887. The number of benzene rings is 9. The molecule has 0 bridgehead atoms. The Hall–Kier alpha value is -7.36. The van der Waals surface area contributed by atoms with E-state index in [1.807, 2.05) is 6.07 Å². The standard InChI is InChI=1S/C52H34N2O/c1-2-15-35(16-3-1)36-31-33-38(34-32-36)53(45-27-12-18-37-17-4-5-19-39(37)45)46-25-9-6-20-40(46)42-23-13-28-48-51(42)44-22-7-10-26-47(44)54(48)49-29-14-24-43-41-21-8-11-30-50(41)55-52(43)49/h1-34H. The molecule has 0 aliphatic rings. The lowest BCUT2D eigenvalue weighted by molar-refractivity contribution is 0.666. The first kappa shape index (κ1) is 31.2. The summed E-state index contributed by atoms with van der Waals surface area (Å²) in [5.41, 5.74) is 13.1. The van der Waals surface area contributed by atoms with Crippen molar-refractivity contribution in [2.24, 2.45) is 0 Å². The molecule has 0 N–H and O–H groups in total. The van der Waals surface area contributed by atoms with Crippen molar-refractivity contribution in [3.8, 4) is 27.9 Å². The largest absolute Gasteiger partial charge is 0.454 e. The zero-order chi connectivity index (χ0) is 36.3. The van der Waals surface area contributed by atoms with Crippen LogP contribution in [-0.4, -0.2) is 4.57 Å². The molecule has 0 aliphatic carbocycles. The summed E-state index contributed by atoms with van der Waals surface area (Å²) in [5, 5.41) is 7.04. The predicted octanol–water partition coefficient (Wildman–Crippen LogP) is 14.6. The number of hydrogen-bond donors (Lipinski definition) is 0. The molecule has 11 rings (SSSR count). The van der Waals surface area contributed by atoms with Gasteiger partial charge in [-0.15, -0.1) is 0 Å².